The molecule has 0 aliphatic carbocycles. The van der Waals surface area contributed by atoms with Crippen LogP contribution in [0, 0.1) is 5.92 Å². The number of hydrogen-bond donors (Lipinski definition) is 1. The van der Waals surface area contributed by atoms with Gasteiger partial charge in [-0.15, -0.1) is 5.10 Å². The van der Waals surface area contributed by atoms with Crippen LogP contribution in [0.3, 0.4) is 0 Å². The Morgan fingerprint density at radius 3 is 2.57 bits per heavy atom. The highest BCUT2D eigenvalue weighted by Gasteiger charge is 2.66. The number of aromatic nitrogens is 3. The van der Waals surface area contributed by atoms with Gasteiger partial charge < -0.3 is 24.2 Å². The molecule has 2 saturated heterocycles. The number of benzene rings is 2. The van der Waals surface area contributed by atoms with Gasteiger partial charge in [0, 0.05) is 56.9 Å². The van der Waals surface area contributed by atoms with E-state index < -0.39 is 25.9 Å². The summed E-state index contributed by atoms with van der Waals surface area (Å²) >= 11 is 0. The molecule has 46 heavy (non-hydrogen) atoms. The van der Waals surface area contributed by atoms with E-state index in [0.29, 0.717) is 36.3 Å². The molecule has 2 fully saturated rings. The summed E-state index contributed by atoms with van der Waals surface area (Å²) in [7, 11) is 1.06. The molecule has 244 valence electrons. The zero-order chi connectivity index (χ0) is 33.0. The number of esters is 1. The molecule has 1 spiro atoms. The normalized spacial score (nSPS) is 25.6. The van der Waals surface area contributed by atoms with Crippen molar-refractivity contribution in [2.24, 2.45) is 5.92 Å². The number of carbonyl (C=O) groups excluding carboxylic acids is 3. The third-order valence-corrected chi connectivity index (χ3v) is 14.4. The summed E-state index contributed by atoms with van der Waals surface area (Å²) in [4.78, 5) is 42.0. The van der Waals surface area contributed by atoms with Crippen molar-refractivity contribution in [3.8, 4) is 5.75 Å². The van der Waals surface area contributed by atoms with Crippen molar-refractivity contribution in [1.29, 1.82) is 0 Å². The van der Waals surface area contributed by atoms with Crippen LogP contribution in [-0.2, 0) is 42.4 Å². The van der Waals surface area contributed by atoms with Crippen LogP contribution in [-0.4, -0.2) is 79.1 Å². The Morgan fingerprint density at radius 1 is 1.17 bits per heavy atom. The first-order chi connectivity index (χ1) is 21.9. The van der Waals surface area contributed by atoms with Crippen molar-refractivity contribution in [2.45, 2.75) is 76.2 Å². The summed E-state index contributed by atoms with van der Waals surface area (Å²) in [6.07, 6.45) is 1.99. The van der Waals surface area contributed by atoms with Gasteiger partial charge in [0.05, 0.1) is 39.1 Å². The van der Waals surface area contributed by atoms with Crippen molar-refractivity contribution in [3.05, 3.63) is 59.9 Å². The summed E-state index contributed by atoms with van der Waals surface area (Å²) in [6.45, 7) is 8.60. The number of aliphatic hydroxyl groups excluding tert-OH is 1. The summed E-state index contributed by atoms with van der Waals surface area (Å²) < 4.78 is 19.7. The fraction of sp³-hybridized carbons (Fsp3) is 0.485. The Labute approximate surface area is 269 Å². The molecule has 1 aromatic heterocycles. The van der Waals surface area contributed by atoms with Gasteiger partial charge in [0.1, 0.15) is 5.75 Å². The number of rotatable bonds is 10. The molecular weight excluding hydrogens is 606 g/mol. The van der Waals surface area contributed by atoms with Crippen LogP contribution in [0.15, 0.2) is 48.7 Å². The van der Waals surface area contributed by atoms with Crippen LogP contribution in [0.1, 0.15) is 37.9 Å². The predicted molar refractivity (Wildman–Crippen MR) is 173 cm³/mol. The maximum absolute atomic E-state index is 14.4. The smallest absolute Gasteiger partial charge is 0.304 e. The Morgan fingerprint density at radius 2 is 1.91 bits per heavy atom. The molecular formula is C33H41N5O7Si. The van der Waals surface area contributed by atoms with E-state index in [1.807, 2.05) is 30.5 Å². The van der Waals surface area contributed by atoms with E-state index in [2.05, 4.69) is 42.5 Å². The second-order valence-corrected chi connectivity index (χ2v) is 17.7. The van der Waals surface area contributed by atoms with Gasteiger partial charge in [-0.1, -0.05) is 42.6 Å². The molecule has 0 saturated carbocycles. The predicted octanol–water partition coefficient (Wildman–Crippen LogP) is 2.73. The second kappa shape index (κ2) is 11.9. The highest BCUT2D eigenvalue weighted by molar-refractivity contribution is 6.91. The summed E-state index contributed by atoms with van der Waals surface area (Å²) in [5, 5.41) is 19.0. The number of aliphatic hydroxyl groups is 1. The quantitative estimate of drug-likeness (QED) is 0.200. The molecule has 3 aromatic rings. The number of β-lactam (4-membered cyclic amide) rings is 1. The van der Waals surface area contributed by atoms with Gasteiger partial charge in [-0.05, 0) is 42.3 Å². The fourth-order valence-electron chi connectivity index (χ4n) is 7.75. The number of nitrogens with zero attached hydrogens (tertiary/aromatic N) is 5. The summed E-state index contributed by atoms with van der Waals surface area (Å²) in [5.41, 5.74) is 1.46. The lowest BCUT2D eigenvalue weighted by Gasteiger charge is -2.39. The van der Waals surface area contributed by atoms with Crippen LogP contribution < -0.4 is 19.7 Å². The van der Waals surface area contributed by atoms with Crippen molar-refractivity contribution in [2.75, 3.05) is 30.6 Å². The van der Waals surface area contributed by atoms with Crippen LogP contribution in [0.4, 0.5) is 11.4 Å². The third kappa shape index (κ3) is 5.10. The molecule has 2 amide bonds. The lowest BCUT2D eigenvalue weighted by atomic mass is 9.82. The minimum absolute atomic E-state index is 0.00410. The van der Waals surface area contributed by atoms with Gasteiger partial charge in [-0.3, -0.25) is 24.0 Å². The van der Waals surface area contributed by atoms with Crippen LogP contribution in [0.5, 0.6) is 5.75 Å². The van der Waals surface area contributed by atoms with E-state index in [1.54, 1.807) is 29.8 Å². The Bertz CT molecular complexity index is 1660. The van der Waals surface area contributed by atoms with E-state index >= 15 is 0 Å². The Balaban J connectivity index is 1.41. The number of anilines is 2. The summed E-state index contributed by atoms with van der Waals surface area (Å²) in [6, 6.07) is 13.7. The first-order valence-electron chi connectivity index (χ1n) is 15.7. The number of aryl methyl sites for hydroxylation is 1. The number of ether oxygens (including phenoxy) is 3. The van der Waals surface area contributed by atoms with E-state index in [0.717, 1.165) is 11.4 Å². The van der Waals surface area contributed by atoms with E-state index in [-0.39, 0.29) is 42.4 Å². The van der Waals surface area contributed by atoms with Crippen LogP contribution in [0.2, 0.25) is 18.6 Å². The van der Waals surface area contributed by atoms with Gasteiger partial charge in [-0.25, -0.2) is 0 Å². The lowest BCUT2D eigenvalue weighted by Crippen LogP contribution is -2.55. The molecule has 2 aromatic carbocycles. The third-order valence-electron chi connectivity index (χ3n) is 10.0. The van der Waals surface area contributed by atoms with E-state index in [1.165, 1.54) is 17.0 Å². The molecule has 3 aliphatic heterocycles. The number of hydrogen-bond acceptors (Lipinski definition) is 9. The molecule has 6 rings (SSSR count). The minimum Gasteiger partial charge on any atom is -0.497 e. The Kier molecular flexibility index (Phi) is 8.28. The van der Waals surface area contributed by atoms with Crippen molar-refractivity contribution in [3.63, 3.8) is 0 Å². The number of amides is 2. The van der Waals surface area contributed by atoms with Gasteiger partial charge in [0.15, 0.2) is 11.8 Å². The van der Waals surface area contributed by atoms with Gasteiger partial charge in [0.25, 0.3) is 5.91 Å². The molecule has 13 heteroatoms. The number of fused-ring (bicyclic) bond motifs is 2. The lowest BCUT2D eigenvalue weighted by molar-refractivity contribution is -0.153. The zero-order valence-corrected chi connectivity index (χ0v) is 28.1. The van der Waals surface area contributed by atoms with Crippen LogP contribution in [0.25, 0.3) is 0 Å². The second-order valence-electron chi connectivity index (χ2n) is 13.0. The zero-order valence-electron chi connectivity index (χ0n) is 27.1. The topological polar surface area (TPSA) is 136 Å². The van der Waals surface area contributed by atoms with Gasteiger partial charge >= 0.3 is 5.97 Å². The molecule has 5 atom stereocenters. The first kappa shape index (κ1) is 31.9. The maximum Gasteiger partial charge on any atom is 0.304 e. The van der Waals surface area contributed by atoms with E-state index in [4.69, 9.17) is 14.2 Å². The maximum atomic E-state index is 14.4. The number of likely N-dealkylation sites (N-methyl/N-ethyl adjacent to an activating group) is 1. The van der Waals surface area contributed by atoms with Crippen molar-refractivity contribution in [1.82, 2.24) is 15.0 Å². The average molecular weight is 648 g/mol. The fourth-order valence-corrected chi connectivity index (χ4v) is 11.8. The molecule has 0 bridgehead atoms. The molecule has 3 aliphatic rings. The van der Waals surface area contributed by atoms with Crippen molar-refractivity contribution < 1.29 is 33.7 Å². The minimum atomic E-state index is -2.34. The largest absolute Gasteiger partial charge is 0.497 e. The van der Waals surface area contributed by atoms with Gasteiger partial charge in [0.2, 0.25) is 5.91 Å². The van der Waals surface area contributed by atoms with E-state index in [9.17, 15) is 19.5 Å². The first-order valence-corrected chi connectivity index (χ1v) is 18.7. The van der Waals surface area contributed by atoms with Gasteiger partial charge in [-0.2, -0.15) is 0 Å². The Hall–Kier alpha value is -4.07. The highest BCUT2D eigenvalue weighted by atomic mass is 28.3. The summed E-state index contributed by atoms with van der Waals surface area (Å²) in [5.74, 6) is -0.198. The monoisotopic (exact) mass is 647 g/mol. The average Bonchev–Trinajstić information content (AvgIpc) is 3.66. The molecule has 1 N–H and O–H groups in total. The van der Waals surface area contributed by atoms with Crippen LogP contribution >= 0.6 is 0 Å². The SMILES string of the molecule is COc1ccc([Si](C)(C)[C@H]2[C@H](CCn3cc(CCO)nn3)O[C@@]3(C(=O)N(C)c4ccc(N5C(=O)CC5OC(C)=O)cc43)[C@@H]2C)cc1. The standard InChI is InChI=1S/C33H41N5O7Si/c1-20-31(46(5,6)25-10-8-24(43-4)9-11-25)28(13-15-37-19-22(14-16-39)34-35-37)45-33(20)26-17-23(7-12-27(26)36(3)32(33)42)38-29(41)18-30(38)44-21(2)40/h7-12,17,19-20,28,30-31,39H,13-16,18H2,1-6H3/t20-,28+,30?,31-,33+/m1/s1. The molecule has 1 unspecified atom stereocenters. The molecule has 4 heterocycles. The molecule has 0 radical (unpaired) electrons. The number of carbonyl (C=O) groups is 3. The highest BCUT2D eigenvalue weighted by Crippen LogP contribution is 2.60. The number of methoxy groups -OCH3 is 1. The van der Waals surface area contributed by atoms with Crippen molar-refractivity contribution >= 4 is 42.4 Å². The molecule has 12 nitrogen and oxygen atoms in total.